The second kappa shape index (κ2) is 9.32. The zero-order valence-electron chi connectivity index (χ0n) is 19.0. The number of hydrogen-bond acceptors (Lipinski definition) is 6. The molecule has 1 N–H and O–H groups in total. The Morgan fingerprint density at radius 3 is 2.49 bits per heavy atom. The number of aromatic amines is 1. The number of halogens is 3. The van der Waals surface area contributed by atoms with Crippen LogP contribution >= 0.6 is 12.2 Å². The minimum absolute atomic E-state index is 0.00148. The van der Waals surface area contributed by atoms with Crippen molar-refractivity contribution in [1.29, 1.82) is 0 Å². The van der Waals surface area contributed by atoms with Crippen molar-refractivity contribution in [3.63, 3.8) is 0 Å². The second-order valence-corrected chi connectivity index (χ2v) is 10.6. The van der Waals surface area contributed by atoms with E-state index in [4.69, 9.17) is 12.2 Å². The molecule has 0 saturated carbocycles. The van der Waals surface area contributed by atoms with Crippen LogP contribution < -0.4 is 0 Å². The average Bonchev–Trinajstić information content (AvgIpc) is 3.18. The Balaban J connectivity index is 1.40. The summed E-state index contributed by atoms with van der Waals surface area (Å²) in [5.74, 6) is 0.316. The third-order valence-electron chi connectivity index (χ3n) is 6.06. The van der Waals surface area contributed by atoms with Gasteiger partial charge in [-0.2, -0.15) is 22.5 Å². The summed E-state index contributed by atoms with van der Waals surface area (Å²) in [5, 5.41) is 2.93. The van der Waals surface area contributed by atoms with Gasteiger partial charge in [0.25, 0.3) is 5.78 Å². The van der Waals surface area contributed by atoms with E-state index in [0.717, 1.165) is 39.5 Å². The van der Waals surface area contributed by atoms with Crippen molar-refractivity contribution in [1.82, 2.24) is 28.8 Å². The summed E-state index contributed by atoms with van der Waals surface area (Å²) < 4.78 is 67.8. The molecule has 1 amide bonds. The van der Waals surface area contributed by atoms with Crippen molar-refractivity contribution in [2.45, 2.75) is 37.8 Å². The average molecular weight is 529 g/mol. The number of nitrogens with one attached hydrogen (secondary N) is 1. The van der Waals surface area contributed by atoms with Gasteiger partial charge in [0.15, 0.2) is 0 Å². The number of piperazine rings is 1. The number of fused-ring (bicyclic) bond motifs is 1. The van der Waals surface area contributed by atoms with E-state index in [1.54, 1.807) is 9.42 Å². The predicted octanol–water partition coefficient (Wildman–Crippen LogP) is 2.89. The van der Waals surface area contributed by atoms with Crippen LogP contribution in [0.1, 0.15) is 28.9 Å². The molecule has 14 heteroatoms. The Morgan fingerprint density at radius 2 is 1.83 bits per heavy atom. The van der Waals surface area contributed by atoms with Gasteiger partial charge < -0.3 is 4.90 Å². The Labute approximate surface area is 204 Å². The topological polar surface area (TPSA) is 104 Å². The first kappa shape index (κ1) is 25.3. The molecule has 1 fully saturated rings. The maximum absolute atomic E-state index is 13.0. The summed E-state index contributed by atoms with van der Waals surface area (Å²) in [5.41, 5.74) is 1.46. The number of rotatable bonds is 5. The van der Waals surface area contributed by atoms with Gasteiger partial charge in [-0.25, -0.2) is 17.9 Å². The van der Waals surface area contributed by atoms with Crippen LogP contribution in [0.3, 0.4) is 0 Å². The molecule has 0 radical (unpaired) electrons. The van der Waals surface area contributed by atoms with E-state index in [1.807, 2.05) is 13.8 Å². The highest BCUT2D eigenvalue weighted by Crippen LogP contribution is 2.31. The van der Waals surface area contributed by atoms with Crippen molar-refractivity contribution >= 4 is 33.9 Å². The second-order valence-electron chi connectivity index (χ2n) is 8.24. The number of aromatic nitrogens is 4. The molecule has 0 aliphatic carbocycles. The summed E-state index contributed by atoms with van der Waals surface area (Å²) in [7, 11) is -4.11. The Bertz CT molecular complexity index is 1440. The van der Waals surface area contributed by atoms with Gasteiger partial charge in [-0.15, -0.1) is 0 Å². The van der Waals surface area contributed by atoms with Gasteiger partial charge in [0.2, 0.25) is 20.7 Å². The van der Waals surface area contributed by atoms with Gasteiger partial charge in [-0.1, -0.05) is 6.07 Å². The molecule has 1 saturated heterocycles. The molecular weight excluding hydrogens is 505 g/mol. The van der Waals surface area contributed by atoms with E-state index in [-0.39, 0.29) is 38.5 Å². The van der Waals surface area contributed by atoms with E-state index < -0.39 is 26.7 Å². The molecule has 3 aromatic rings. The predicted molar refractivity (Wildman–Crippen MR) is 123 cm³/mol. The highest BCUT2D eigenvalue weighted by molar-refractivity contribution is 7.89. The summed E-state index contributed by atoms with van der Waals surface area (Å²) in [6.45, 7) is 4.03. The van der Waals surface area contributed by atoms with Gasteiger partial charge in [0.05, 0.1) is 10.5 Å². The molecule has 0 unspecified atom stereocenters. The maximum atomic E-state index is 13.0. The molecule has 0 bridgehead atoms. The molecule has 1 aliphatic heterocycles. The smallest absolute Gasteiger partial charge is 0.340 e. The van der Waals surface area contributed by atoms with Crippen LogP contribution in [0, 0.1) is 18.6 Å². The quantitative estimate of drug-likeness (QED) is 0.511. The monoisotopic (exact) mass is 528 g/mol. The lowest BCUT2D eigenvalue weighted by Crippen LogP contribution is -2.50. The molecule has 0 spiro atoms. The Morgan fingerprint density at radius 1 is 1.14 bits per heavy atom. The van der Waals surface area contributed by atoms with Crippen LogP contribution in [0.15, 0.2) is 29.2 Å². The van der Waals surface area contributed by atoms with Crippen LogP contribution in [-0.4, -0.2) is 69.3 Å². The number of carbonyl (C=O) groups excluding carboxylic acids is 1. The number of sulfonamides is 1. The SMILES string of the molecule is Cc1nc2nc(=S)[nH]n2c(C)c1CCC(=O)N1CCN(S(=O)(=O)c2cccc(C(F)(F)F)c2)CC1. The number of H-pyrrole nitrogens is 1. The first-order chi connectivity index (χ1) is 16.4. The minimum atomic E-state index is -4.64. The molecular formula is C21H23F3N6O3S2. The van der Waals surface area contributed by atoms with Gasteiger partial charge in [-0.05, 0) is 56.2 Å². The number of benzene rings is 1. The summed E-state index contributed by atoms with van der Waals surface area (Å²) >= 11 is 5.06. The van der Waals surface area contributed by atoms with Crippen molar-refractivity contribution < 1.29 is 26.4 Å². The van der Waals surface area contributed by atoms with Crippen molar-refractivity contribution in [2.75, 3.05) is 26.2 Å². The third kappa shape index (κ3) is 5.09. The van der Waals surface area contributed by atoms with E-state index >= 15 is 0 Å². The third-order valence-corrected chi connectivity index (χ3v) is 8.14. The van der Waals surface area contributed by atoms with Crippen molar-refractivity contribution in [3.8, 4) is 0 Å². The van der Waals surface area contributed by atoms with Gasteiger partial charge in [0.1, 0.15) is 0 Å². The lowest BCUT2D eigenvalue weighted by molar-refractivity contribution is -0.137. The summed E-state index contributed by atoms with van der Waals surface area (Å²) in [6.07, 6.45) is -4.01. The number of aryl methyl sites for hydroxylation is 2. The van der Waals surface area contributed by atoms with Crippen LogP contribution in [0.5, 0.6) is 0 Å². The zero-order chi connectivity index (χ0) is 25.5. The molecule has 1 aromatic carbocycles. The fraction of sp³-hybridized carbons (Fsp3) is 0.429. The van der Waals surface area contributed by atoms with E-state index in [0.29, 0.717) is 23.0 Å². The van der Waals surface area contributed by atoms with E-state index in [2.05, 4.69) is 15.1 Å². The lowest BCUT2D eigenvalue weighted by Gasteiger charge is -2.34. The highest BCUT2D eigenvalue weighted by Gasteiger charge is 2.34. The van der Waals surface area contributed by atoms with Crippen LogP contribution in [0.25, 0.3) is 5.78 Å². The van der Waals surface area contributed by atoms with E-state index in [1.165, 1.54) is 0 Å². The first-order valence-electron chi connectivity index (χ1n) is 10.8. The minimum Gasteiger partial charge on any atom is -0.340 e. The molecule has 1 aliphatic rings. The van der Waals surface area contributed by atoms with Gasteiger partial charge in [0, 0.05) is 44.0 Å². The number of carbonyl (C=O) groups is 1. The summed E-state index contributed by atoms with van der Waals surface area (Å²) in [4.78, 5) is 22.5. The van der Waals surface area contributed by atoms with Crippen LogP contribution in [-0.2, 0) is 27.4 Å². The number of alkyl halides is 3. The van der Waals surface area contributed by atoms with Crippen molar-refractivity contribution in [3.05, 3.63) is 51.6 Å². The lowest BCUT2D eigenvalue weighted by atomic mass is 10.1. The molecule has 3 heterocycles. The standard InChI is InChI=1S/C21H23F3N6O3S2/c1-13-17(14(2)30-19(25-13)26-20(34)27-30)6-7-18(31)28-8-10-29(11-9-28)35(32,33)16-5-3-4-15(12-16)21(22,23)24/h3-5,12H,6-11H2,1-2H3,(H,27,34). The fourth-order valence-corrected chi connectivity index (χ4v) is 5.79. The van der Waals surface area contributed by atoms with Crippen LogP contribution in [0.2, 0.25) is 0 Å². The zero-order valence-corrected chi connectivity index (χ0v) is 20.6. The molecule has 0 atom stereocenters. The normalized spacial score (nSPS) is 15.6. The molecule has 2 aromatic heterocycles. The number of amides is 1. The largest absolute Gasteiger partial charge is 0.416 e. The van der Waals surface area contributed by atoms with Gasteiger partial charge >= 0.3 is 6.18 Å². The first-order valence-corrected chi connectivity index (χ1v) is 12.6. The molecule has 188 valence electrons. The molecule has 9 nitrogen and oxygen atoms in total. The number of nitrogens with zero attached hydrogens (tertiary/aromatic N) is 5. The number of hydrogen-bond donors (Lipinski definition) is 1. The van der Waals surface area contributed by atoms with E-state index in [9.17, 15) is 26.4 Å². The Hall–Kier alpha value is -2.84. The summed E-state index contributed by atoms with van der Waals surface area (Å²) in [6, 6.07) is 3.68. The molecule has 4 rings (SSSR count). The molecule has 35 heavy (non-hydrogen) atoms. The fourth-order valence-electron chi connectivity index (χ4n) is 4.15. The maximum Gasteiger partial charge on any atom is 0.416 e. The highest BCUT2D eigenvalue weighted by atomic mass is 32.2. The van der Waals surface area contributed by atoms with Gasteiger partial charge in [-0.3, -0.25) is 9.89 Å². The van der Waals surface area contributed by atoms with Crippen LogP contribution in [0.4, 0.5) is 13.2 Å². The Kier molecular flexibility index (Phi) is 6.72. The van der Waals surface area contributed by atoms with Crippen molar-refractivity contribution in [2.24, 2.45) is 0 Å².